The van der Waals surface area contributed by atoms with Crippen LogP contribution in [-0.2, 0) is 0 Å². The van der Waals surface area contributed by atoms with Crippen molar-refractivity contribution in [1.82, 2.24) is 0 Å². The minimum absolute atomic E-state index is 0.711. The maximum atomic E-state index is 5.88. The number of rotatable bonds is 3. The van der Waals surface area contributed by atoms with Gasteiger partial charge in [-0.3, -0.25) is 5.43 Å². The second-order valence-electron chi connectivity index (χ2n) is 3.43. The minimum Gasteiger partial charge on any atom is -0.279 e. The Morgan fingerprint density at radius 3 is 2.59 bits per heavy atom. The molecule has 0 aliphatic carbocycles. The summed E-state index contributed by atoms with van der Waals surface area (Å²) in [6.45, 7) is 0. The van der Waals surface area contributed by atoms with Gasteiger partial charge in [0, 0.05) is 8.59 Å². The second-order valence-corrected chi connectivity index (χ2v) is 5.11. The predicted octanol–water partition coefficient (Wildman–Crippen LogP) is 4.39. The van der Waals surface area contributed by atoms with Crippen LogP contribution >= 0.6 is 34.2 Å². The summed E-state index contributed by atoms with van der Waals surface area (Å²) in [4.78, 5) is 0. The van der Waals surface area contributed by atoms with E-state index in [-0.39, 0.29) is 0 Å². The Morgan fingerprint density at radius 1 is 1.12 bits per heavy atom. The van der Waals surface area contributed by atoms with Crippen LogP contribution in [0.4, 0.5) is 5.69 Å². The first-order valence-electron chi connectivity index (χ1n) is 5.04. The first-order chi connectivity index (χ1) is 8.24. The van der Waals surface area contributed by atoms with Crippen LogP contribution in [0.5, 0.6) is 0 Å². The van der Waals surface area contributed by atoms with Gasteiger partial charge in [0.2, 0.25) is 0 Å². The first-order valence-corrected chi connectivity index (χ1v) is 6.50. The molecule has 0 heterocycles. The van der Waals surface area contributed by atoms with Crippen molar-refractivity contribution in [3.05, 3.63) is 62.7 Å². The summed E-state index contributed by atoms with van der Waals surface area (Å²) in [6, 6.07) is 15.6. The summed E-state index contributed by atoms with van der Waals surface area (Å²) in [6.07, 6.45) is 1.74. The van der Waals surface area contributed by atoms with E-state index in [9.17, 15) is 0 Å². The van der Waals surface area contributed by atoms with Gasteiger partial charge in [-0.15, -0.1) is 0 Å². The standard InChI is InChI=1S/C13H10ClIN2/c14-11-3-1-2-10(8-11)9-16-17-13-6-4-12(15)5-7-13/h1-9,17H/b16-9+. The molecule has 2 rings (SSSR count). The van der Waals surface area contributed by atoms with Crippen molar-refractivity contribution in [3.63, 3.8) is 0 Å². The second kappa shape index (κ2) is 6.02. The Hall–Kier alpha value is -1.07. The van der Waals surface area contributed by atoms with Crippen molar-refractivity contribution in [1.29, 1.82) is 0 Å². The Labute approximate surface area is 119 Å². The lowest BCUT2D eigenvalue weighted by atomic mass is 10.2. The average Bonchev–Trinajstić information content (AvgIpc) is 2.32. The van der Waals surface area contributed by atoms with Gasteiger partial charge in [0.25, 0.3) is 0 Å². The molecule has 0 fully saturated rings. The van der Waals surface area contributed by atoms with Gasteiger partial charge in [-0.25, -0.2) is 0 Å². The van der Waals surface area contributed by atoms with E-state index < -0.39 is 0 Å². The zero-order chi connectivity index (χ0) is 12.1. The highest BCUT2D eigenvalue weighted by Gasteiger charge is 1.91. The lowest BCUT2D eigenvalue weighted by molar-refractivity contribution is 1.35. The largest absolute Gasteiger partial charge is 0.279 e. The third kappa shape index (κ3) is 4.02. The fraction of sp³-hybridized carbons (Fsp3) is 0. The van der Waals surface area contributed by atoms with E-state index in [1.165, 1.54) is 3.57 Å². The van der Waals surface area contributed by atoms with Crippen molar-refractivity contribution in [2.45, 2.75) is 0 Å². The number of halogens is 2. The highest BCUT2D eigenvalue weighted by atomic mass is 127. The number of nitrogens with zero attached hydrogens (tertiary/aromatic N) is 1. The van der Waals surface area contributed by atoms with E-state index in [1.807, 2.05) is 48.5 Å². The molecule has 2 aromatic carbocycles. The van der Waals surface area contributed by atoms with Gasteiger partial charge in [0.1, 0.15) is 0 Å². The molecule has 2 nitrogen and oxygen atoms in total. The van der Waals surface area contributed by atoms with Crippen molar-refractivity contribution in [2.24, 2.45) is 5.10 Å². The highest BCUT2D eigenvalue weighted by Crippen LogP contribution is 2.11. The maximum absolute atomic E-state index is 5.88. The van der Waals surface area contributed by atoms with Gasteiger partial charge in [-0.1, -0.05) is 23.7 Å². The van der Waals surface area contributed by atoms with Gasteiger partial charge in [-0.05, 0) is 64.6 Å². The number of hydrogen-bond donors (Lipinski definition) is 1. The Morgan fingerprint density at radius 2 is 1.88 bits per heavy atom. The summed E-state index contributed by atoms with van der Waals surface area (Å²) >= 11 is 8.14. The minimum atomic E-state index is 0.711. The molecule has 1 N–H and O–H groups in total. The van der Waals surface area contributed by atoms with E-state index in [2.05, 4.69) is 33.1 Å². The molecule has 0 aliphatic heterocycles. The molecule has 0 bridgehead atoms. The van der Waals surface area contributed by atoms with Crippen molar-refractivity contribution >= 4 is 46.1 Å². The van der Waals surface area contributed by atoms with Gasteiger partial charge < -0.3 is 0 Å². The lowest BCUT2D eigenvalue weighted by Gasteiger charge is -1.99. The number of nitrogens with one attached hydrogen (secondary N) is 1. The van der Waals surface area contributed by atoms with Gasteiger partial charge in [0.15, 0.2) is 0 Å². The van der Waals surface area contributed by atoms with Crippen LogP contribution in [0.2, 0.25) is 5.02 Å². The van der Waals surface area contributed by atoms with Crippen molar-refractivity contribution in [3.8, 4) is 0 Å². The molecule has 0 aliphatic rings. The van der Waals surface area contributed by atoms with Crippen LogP contribution in [0.3, 0.4) is 0 Å². The highest BCUT2D eigenvalue weighted by molar-refractivity contribution is 14.1. The molecule has 2 aromatic rings. The molecule has 0 spiro atoms. The number of hydrogen-bond acceptors (Lipinski definition) is 2. The third-order valence-corrected chi connectivity index (χ3v) is 3.05. The van der Waals surface area contributed by atoms with E-state index in [0.717, 1.165) is 11.3 Å². The molecule has 0 atom stereocenters. The lowest BCUT2D eigenvalue weighted by Crippen LogP contribution is -1.90. The molecular formula is C13H10ClIN2. The van der Waals surface area contributed by atoms with Gasteiger partial charge >= 0.3 is 0 Å². The van der Waals surface area contributed by atoms with E-state index in [0.29, 0.717) is 5.02 Å². The van der Waals surface area contributed by atoms with Gasteiger partial charge in [-0.2, -0.15) is 5.10 Å². The molecule has 17 heavy (non-hydrogen) atoms. The topological polar surface area (TPSA) is 24.4 Å². The van der Waals surface area contributed by atoms with Crippen LogP contribution < -0.4 is 5.43 Å². The Balaban J connectivity index is 2.00. The first kappa shape index (κ1) is 12.4. The number of benzene rings is 2. The van der Waals surface area contributed by atoms with E-state index in [1.54, 1.807) is 6.21 Å². The van der Waals surface area contributed by atoms with Crippen LogP contribution in [0.1, 0.15) is 5.56 Å². The van der Waals surface area contributed by atoms with Crippen LogP contribution in [-0.4, -0.2) is 6.21 Å². The summed E-state index contributed by atoms with van der Waals surface area (Å²) in [7, 11) is 0. The molecule has 0 saturated heterocycles. The van der Waals surface area contributed by atoms with Crippen LogP contribution in [0, 0.1) is 3.57 Å². The smallest absolute Gasteiger partial charge is 0.0562 e. The molecule has 0 saturated carbocycles. The van der Waals surface area contributed by atoms with Crippen molar-refractivity contribution in [2.75, 3.05) is 5.43 Å². The molecule has 4 heteroatoms. The maximum Gasteiger partial charge on any atom is 0.0562 e. The molecular weight excluding hydrogens is 347 g/mol. The normalized spacial score (nSPS) is 10.7. The molecule has 0 radical (unpaired) electrons. The predicted molar refractivity (Wildman–Crippen MR) is 81.8 cm³/mol. The van der Waals surface area contributed by atoms with Crippen molar-refractivity contribution < 1.29 is 0 Å². The Bertz CT molecular complexity index is 523. The molecule has 0 aromatic heterocycles. The quantitative estimate of drug-likeness (QED) is 0.492. The fourth-order valence-electron chi connectivity index (χ4n) is 1.29. The van der Waals surface area contributed by atoms with E-state index >= 15 is 0 Å². The fourth-order valence-corrected chi connectivity index (χ4v) is 1.85. The summed E-state index contributed by atoms with van der Waals surface area (Å²) < 4.78 is 1.20. The molecule has 0 amide bonds. The number of hydrazone groups is 1. The summed E-state index contributed by atoms with van der Waals surface area (Å²) in [5, 5.41) is 4.86. The van der Waals surface area contributed by atoms with Crippen LogP contribution in [0.15, 0.2) is 53.6 Å². The van der Waals surface area contributed by atoms with Gasteiger partial charge in [0.05, 0.1) is 11.9 Å². The third-order valence-electron chi connectivity index (χ3n) is 2.10. The van der Waals surface area contributed by atoms with Crippen LogP contribution in [0.25, 0.3) is 0 Å². The molecule has 0 unspecified atom stereocenters. The summed E-state index contributed by atoms with van der Waals surface area (Å²) in [5.41, 5.74) is 4.89. The summed E-state index contributed by atoms with van der Waals surface area (Å²) in [5.74, 6) is 0. The SMILES string of the molecule is Clc1cccc(/C=N/Nc2ccc(I)cc2)c1. The Kier molecular flexibility index (Phi) is 4.39. The van der Waals surface area contributed by atoms with E-state index in [4.69, 9.17) is 11.6 Å². The number of anilines is 1. The average molecular weight is 357 g/mol. The monoisotopic (exact) mass is 356 g/mol. The molecule has 86 valence electrons. The zero-order valence-electron chi connectivity index (χ0n) is 8.90. The zero-order valence-corrected chi connectivity index (χ0v) is 11.8.